The maximum absolute atomic E-state index is 13.6. The van der Waals surface area contributed by atoms with Gasteiger partial charge in [-0.15, -0.1) is 0 Å². The molecule has 2 aromatic carbocycles. The number of nitrogens with zero attached hydrogens (tertiary/aromatic N) is 2. The first-order valence-corrected chi connectivity index (χ1v) is 12.1. The van der Waals surface area contributed by atoms with Crippen molar-refractivity contribution in [2.45, 2.75) is 54.2 Å². The Labute approximate surface area is 199 Å². The lowest BCUT2D eigenvalue weighted by Crippen LogP contribution is -2.30. The molecule has 194 valence electrons. The van der Waals surface area contributed by atoms with Crippen LogP contribution in [0, 0.1) is 5.82 Å². The maximum atomic E-state index is 13.6. The second kappa shape index (κ2) is 8.75. The van der Waals surface area contributed by atoms with Crippen LogP contribution in [-0.4, -0.2) is 29.1 Å². The van der Waals surface area contributed by atoms with Crippen LogP contribution in [0.5, 0.6) is 0 Å². The lowest BCUT2D eigenvalue weighted by molar-refractivity contribution is -0.140. The zero-order chi connectivity index (χ0) is 26.6. The third-order valence-electron chi connectivity index (χ3n) is 6.26. The highest BCUT2D eigenvalue weighted by Gasteiger charge is 2.39. The van der Waals surface area contributed by atoms with E-state index >= 15 is 0 Å². The van der Waals surface area contributed by atoms with E-state index in [9.17, 15) is 43.9 Å². The highest BCUT2D eigenvalue weighted by Crippen LogP contribution is 2.39. The average molecular weight is 537 g/mol. The minimum Gasteiger partial charge on any atom is -0.363 e. The highest BCUT2D eigenvalue weighted by atomic mass is 32.2. The molecule has 0 spiro atoms. The Hall–Kier alpha value is -3.16. The molecule has 36 heavy (non-hydrogen) atoms. The second-order valence-corrected chi connectivity index (χ2v) is 10.7. The average Bonchev–Trinajstić information content (AvgIpc) is 3.17. The van der Waals surface area contributed by atoms with Gasteiger partial charge in [0.15, 0.2) is 15.7 Å². The van der Waals surface area contributed by atoms with Gasteiger partial charge in [-0.1, -0.05) is 0 Å². The molecule has 1 fully saturated rings. The smallest absolute Gasteiger partial charge is 0.363 e. The first-order chi connectivity index (χ1) is 16.6. The minimum atomic E-state index is -5.08. The minimum absolute atomic E-state index is 0.0236. The number of halogens is 7. The van der Waals surface area contributed by atoms with Crippen molar-refractivity contribution in [2.75, 3.05) is 0 Å². The van der Waals surface area contributed by atoms with Gasteiger partial charge < -0.3 is 10.3 Å². The number of alkyl halides is 6. The van der Waals surface area contributed by atoms with Gasteiger partial charge in [-0.2, -0.15) is 26.3 Å². The molecule has 0 aliphatic heterocycles. The molecule has 1 amide bonds. The maximum Gasteiger partial charge on any atom is 0.419 e. The zero-order valence-corrected chi connectivity index (χ0v) is 19.0. The van der Waals surface area contributed by atoms with Gasteiger partial charge in [-0.3, -0.25) is 4.79 Å². The fourth-order valence-corrected chi connectivity index (χ4v) is 6.34. The molecule has 4 rings (SSSR count). The lowest BCUT2D eigenvalue weighted by atomic mass is 9.94. The number of carbonyl (C=O) groups is 1. The number of aromatic nitrogens is 2. The molecule has 0 bridgehead atoms. The second-order valence-electron chi connectivity index (χ2n) is 8.49. The molecule has 1 aliphatic carbocycles. The monoisotopic (exact) mass is 537 g/mol. The lowest BCUT2D eigenvalue weighted by Gasteiger charge is -2.30. The molecule has 6 nitrogen and oxygen atoms in total. The van der Waals surface area contributed by atoms with Gasteiger partial charge in [0, 0.05) is 6.04 Å². The third-order valence-corrected chi connectivity index (χ3v) is 8.52. The zero-order valence-electron chi connectivity index (χ0n) is 18.2. The van der Waals surface area contributed by atoms with Crippen molar-refractivity contribution in [3.63, 3.8) is 0 Å². The summed E-state index contributed by atoms with van der Waals surface area (Å²) in [4.78, 5) is 15.2. The van der Waals surface area contributed by atoms with Crippen molar-refractivity contribution >= 4 is 26.8 Å². The number of sulfone groups is 1. The molecular weight excluding hydrogens is 519 g/mol. The van der Waals surface area contributed by atoms with Crippen molar-refractivity contribution in [2.24, 2.45) is 5.73 Å². The summed E-state index contributed by atoms with van der Waals surface area (Å²) in [5, 5.41) is -1.08. The normalized spacial score (nSPS) is 19.5. The van der Waals surface area contributed by atoms with Gasteiger partial charge in [0.1, 0.15) is 5.82 Å². The standard InChI is InChI=1S/C22H18F7N3O3S/c23-16-7-6-14(10-15(16)22(27,28)29)36(34,35)13-4-2-12(3-5-13)32-18-8-1-11(21(24,25)26)9-17(18)31-20(32)19(30)33/h1,6-10,12-13H,2-5H2,(H2,30,33). The molecule has 1 aromatic heterocycles. The topological polar surface area (TPSA) is 95.1 Å². The van der Waals surface area contributed by atoms with Gasteiger partial charge >= 0.3 is 12.4 Å². The van der Waals surface area contributed by atoms with Crippen molar-refractivity contribution in [3.8, 4) is 0 Å². The molecule has 0 atom stereocenters. The van der Waals surface area contributed by atoms with Crippen LogP contribution < -0.4 is 5.73 Å². The molecule has 2 N–H and O–H groups in total. The van der Waals surface area contributed by atoms with Crippen LogP contribution in [-0.2, 0) is 22.2 Å². The van der Waals surface area contributed by atoms with E-state index in [-0.39, 0.29) is 48.6 Å². The van der Waals surface area contributed by atoms with Gasteiger partial charge in [0.05, 0.1) is 32.3 Å². The Morgan fingerprint density at radius 1 is 0.944 bits per heavy atom. The first kappa shape index (κ1) is 25.9. The summed E-state index contributed by atoms with van der Waals surface area (Å²) in [5.74, 6) is -2.87. The largest absolute Gasteiger partial charge is 0.419 e. The third kappa shape index (κ3) is 4.65. The number of amides is 1. The predicted molar refractivity (Wildman–Crippen MR) is 113 cm³/mol. The van der Waals surface area contributed by atoms with E-state index in [1.165, 1.54) is 4.57 Å². The van der Waals surface area contributed by atoms with Crippen LogP contribution >= 0.6 is 0 Å². The van der Waals surface area contributed by atoms with E-state index in [1.54, 1.807) is 0 Å². The van der Waals surface area contributed by atoms with Crippen LogP contribution in [0.25, 0.3) is 11.0 Å². The van der Waals surface area contributed by atoms with Crippen molar-refractivity contribution in [1.29, 1.82) is 0 Å². The van der Waals surface area contributed by atoms with Crippen molar-refractivity contribution in [3.05, 3.63) is 59.2 Å². The molecule has 3 aromatic rings. The molecule has 1 saturated carbocycles. The fraction of sp³-hybridized carbons (Fsp3) is 0.364. The summed E-state index contributed by atoms with van der Waals surface area (Å²) in [6.07, 6.45) is -9.50. The van der Waals surface area contributed by atoms with Gasteiger partial charge in [-0.05, 0) is 62.1 Å². The van der Waals surface area contributed by atoms with Gasteiger partial charge in [-0.25, -0.2) is 17.8 Å². The van der Waals surface area contributed by atoms with E-state index in [0.29, 0.717) is 6.07 Å². The number of carbonyl (C=O) groups excluding carboxylic acids is 1. The molecule has 0 unspecified atom stereocenters. The van der Waals surface area contributed by atoms with E-state index in [2.05, 4.69) is 4.98 Å². The number of fused-ring (bicyclic) bond motifs is 1. The Balaban J connectivity index is 1.62. The van der Waals surface area contributed by atoms with E-state index in [4.69, 9.17) is 5.73 Å². The number of primary amides is 1. The van der Waals surface area contributed by atoms with Crippen molar-refractivity contribution in [1.82, 2.24) is 9.55 Å². The SMILES string of the molecule is NC(=O)c1nc2cc(C(F)(F)F)ccc2n1C1CCC(S(=O)(=O)c2ccc(F)c(C(F)(F)F)c2)CC1. The molecule has 0 saturated heterocycles. The summed E-state index contributed by atoms with van der Waals surface area (Å²) < 4.78 is 119. The van der Waals surface area contributed by atoms with Crippen LogP contribution in [0.3, 0.4) is 0 Å². The summed E-state index contributed by atoms with van der Waals surface area (Å²) >= 11 is 0. The number of benzene rings is 2. The van der Waals surface area contributed by atoms with Gasteiger partial charge in [0.2, 0.25) is 0 Å². The first-order valence-electron chi connectivity index (χ1n) is 10.6. The Kier molecular flexibility index (Phi) is 6.30. The van der Waals surface area contributed by atoms with Crippen LogP contribution in [0.2, 0.25) is 0 Å². The Morgan fingerprint density at radius 3 is 2.14 bits per heavy atom. The summed E-state index contributed by atoms with van der Waals surface area (Å²) in [6.45, 7) is 0. The van der Waals surface area contributed by atoms with E-state index in [0.717, 1.165) is 24.3 Å². The molecular formula is C22H18F7N3O3S. The van der Waals surface area contributed by atoms with Crippen molar-refractivity contribution < 1.29 is 43.9 Å². The fourth-order valence-electron chi connectivity index (χ4n) is 4.52. The molecule has 14 heteroatoms. The van der Waals surface area contributed by atoms with Crippen LogP contribution in [0.15, 0.2) is 41.3 Å². The highest BCUT2D eigenvalue weighted by molar-refractivity contribution is 7.92. The molecule has 1 heterocycles. The molecule has 0 radical (unpaired) electrons. The Bertz CT molecular complexity index is 1440. The van der Waals surface area contributed by atoms with Crippen LogP contribution in [0.4, 0.5) is 30.7 Å². The van der Waals surface area contributed by atoms with Crippen LogP contribution in [0.1, 0.15) is 53.5 Å². The number of rotatable bonds is 4. The molecule has 1 aliphatic rings. The predicted octanol–water partition coefficient (Wildman–Crippen LogP) is 5.27. The summed E-state index contributed by atoms with van der Waals surface area (Å²) in [7, 11) is -4.25. The quantitative estimate of drug-likeness (QED) is 0.363. The van der Waals surface area contributed by atoms with E-state index in [1.807, 2.05) is 0 Å². The van der Waals surface area contributed by atoms with E-state index < -0.39 is 61.2 Å². The number of hydrogen-bond donors (Lipinski definition) is 1. The Morgan fingerprint density at radius 2 is 1.58 bits per heavy atom. The number of hydrogen-bond acceptors (Lipinski definition) is 4. The summed E-state index contributed by atoms with van der Waals surface area (Å²) in [5.41, 5.74) is 2.82. The number of nitrogens with two attached hydrogens (primary N) is 1. The van der Waals surface area contributed by atoms with Gasteiger partial charge in [0.25, 0.3) is 5.91 Å². The number of imidazole rings is 1. The summed E-state index contributed by atoms with van der Waals surface area (Å²) in [6, 6.07) is 3.71.